The molecule has 15 aromatic rings. The maximum absolute atomic E-state index is 12.3. The van der Waals surface area contributed by atoms with E-state index in [1.807, 2.05) is 0 Å². The summed E-state index contributed by atoms with van der Waals surface area (Å²) in [6, 6.07) is 18.8. The topological polar surface area (TPSA) is 265 Å². The number of rotatable bonds is 4. The van der Waals surface area contributed by atoms with E-state index >= 15 is 0 Å². The zero-order chi connectivity index (χ0) is 35.5. The zero-order valence-corrected chi connectivity index (χ0v) is 30.4. The Kier molecular flexibility index (Phi) is 9.90. The fourth-order valence-corrected chi connectivity index (χ4v) is 7.55. The molecular formula is C28H20N4NaO13S4+. The van der Waals surface area contributed by atoms with Gasteiger partial charge in [-0.1, -0.05) is 57.9 Å². The number of nitrogens with zero attached hydrogens (tertiary/aromatic N) is 4. The van der Waals surface area contributed by atoms with Crippen molar-refractivity contribution in [2.24, 2.45) is 0 Å². The average molecular weight is 772 g/mol. The zero-order valence-electron chi connectivity index (χ0n) is 25.1. The Balaban J connectivity index is 0.00000486. The molecule has 0 aliphatic rings. The second-order valence-corrected chi connectivity index (χ2v) is 15.8. The smallest absolute Gasteiger partial charge is 0.282 e. The number of hydrogen-bond acceptors (Lipinski definition) is 11. The van der Waals surface area contributed by atoms with E-state index in [9.17, 15) is 51.9 Å². The van der Waals surface area contributed by atoms with Crippen LogP contribution in [0.25, 0.3) is 43.6 Å². The van der Waals surface area contributed by atoms with Gasteiger partial charge in [0.2, 0.25) is 0 Å². The van der Waals surface area contributed by atoms with Crippen molar-refractivity contribution < 1.29 is 86.1 Å². The maximum atomic E-state index is 12.3. The van der Waals surface area contributed by atoms with Gasteiger partial charge in [-0.25, -0.2) is 4.63 Å². The first kappa shape index (κ1) is 37.3. The van der Waals surface area contributed by atoms with Gasteiger partial charge in [-0.15, -0.1) is 0 Å². The Bertz CT molecular complexity index is 2810. The van der Waals surface area contributed by atoms with Crippen LogP contribution < -0.4 is 29.6 Å². The van der Waals surface area contributed by atoms with Crippen LogP contribution in [-0.2, 0) is 40.5 Å². The first-order chi connectivity index (χ1) is 22.8. The second-order valence-electron chi connectivity index (χ2n) is 10.3. The normalized spacial score (nSPS) is 12.5. The first-order valence-corrected chi connectivity index (χ1v) is 19.1. The van der Waals surface area contributed by atoms with Crippen molar-refractivity contribution in [2.75, 3.05) is 0 Å². The molecule has 4 N–H and O–H groups in total. The van der Waals surface area contributed by atoms with Crippen molar-refractivity contribution >= 4 is 84.1 Å². The van der Waals surface area contributed by atoms with Gasteiger partial charge in [0.25, 0.3) is 40.5 Å². The van der Waals surface area contributed by atoms with Gasteiger partial charge in [0, 0.05) is 0 Å². The fourth-order valence-electron chi connectivity index (χ4n) is 4.73. The minimum Gasteiger partial charge on any atom is -0.282 e. The molecule has 0 fully saturated rings. The predicted molar refractivity (Wildman–Crippen MR) is 172 cm³/mol. The van der Waals surface area contributed by atoms with Crippen LogP contribution in [0.2, 0.25) is 0 Å². The molecule has 11 aromatic heterocycles. The van der Waals surface area contributed by atoms with E-state index in [-0.39, 0.29) is 73.2 Å². The van der Waals surface area contributed by atoms with E-state index in [0.717, 1.165) is 57.9 Å². The monoisotopic (exact) mass is 771 g/mol. The third-order valence-corrected chi connectivity index (χ3v) is 10.6. The molecule has 17 nitrogen and oxygen atoms in total. The Hall–Kier alpha value is -4.00. The molecule has 0 aliphatic carbocycles. The minimum atomic E-state index is -4.89. The molecule has 11 heterocycles. The fraction of sp³-hybridized carbons (Fsp3) is 0. The Morgan fingerprint density at radius 3 is 0.980 bits per heavy atom. The van der Waals surface area contributed by atoms with E-state index < -0.39 is 60.1 Å². The molecule has 22 heteroatoms. The Morgan fingerprint density at radius 2 is 0.680 bits per heavy atom. The third-order valence-electron chi connectivity index (χ3n) is 7.00. The molecule has 254 valence electrons. The van der Waals surface area contributed by atoms with Crippen LogP contribution in [0.1, 0.15) is 0 Å². The molecule has 0 spiro atoms. The minimum absolute atomic E-state index is 0. The SMILES string of the molecule is O=S(=O)(O)c1cc2ccc1ccc1ccc(cc1S(=O)(=O)O)n1on1c1ccc(ccc3ccc(cc3S(=O)(=O)O)nn2)c(S(=O)(=O)O)c1.[Na+]. The molecule has 0 atom stereocenters. The predicted octanol–water partition coefficient (Wildman–Crippen LogP) is 0.836. The summed E-state index contributed by atoms with van der Waals surface area (Å²) in [6.45, 7) is 0. The molecule has 0 saturated heterocycles. The molecule has 50 heavy (non-hydrogen) atoms. The van der Waals surface area contributed by atoms with Crippen molar-refractivity contribution in [2.45, 2.75) is 19.6 Å². The van der Waals surface area contributed by atoms with Crippen LogP contribution in [0.4, 0.5) is 0 Å². The molecular weight excluding hydrogens is 752 g/mol. The summed E-state index contributed by atoms with van der Waals surface area (Å²) in [5.41, 5.74) is -0.176. The van der Waals surface area contributed by atoms with E-state index in [2.05, 4.69) is 10.2 Å². The third kappa shape index (κ3) is 7.98. The largest absolute Gasteiger partial charge is 1.00 e. The molecule has 0 radical (unpaired) electrons. The maximum Gasteiger partial charge on any atom is 1.00 e. The van der Waals surface area contributed by atoms with Gasteiger partial charge in [-0.05, 0) is 70.1 Å². The van der Waals surface area contributed by atoms with Gasteiger partial charge < -0.3 is 0 Å². The Labute approximate surface area is 304 Å². The van der Waals surface area contributed by atoms with E-state index in [0.29, 0.717) is 0 Å². The van der Waals surface area contributed by atoms with Gasteiger partial charge >= 0.3 is 29.6 Å². The summed E-state index contributed by atoms with van der Waals surface area (Å²) in [5.74, 6) is 0. The van der Waals surface area contributed by atoms with Crippen molar-refractivity contribution in [3.05, 3.63) is 97.1 Å². The van der Waals surface area contributed by atoms with Crippen LogP contribution >= 0.6 is 0 Å². The number of aromatic nitrogens is 4. The quantitative estimate of drug-likeness (QED) is 0.143. The van der Waals surface area contributed by atoms with Crippen molar-refractivity contribution in [3.63, 3.8) is 0 Å². The van der Waals surface area contributed by atoms with Crippen molar-refractivity contribution in [3.8, 4) is 0 Å². The molecule has 15 rings (SSSR count). The van der Waals surface area contributed by atoms with Crippen LogP contribution in [0.15, 0.2) is 121 Å². The molecule has 0 unspecified atom stereocenters. The summed E-state index contributed by atoms with van der Waals surface area (Å²) in [6.07, 6.45) is 0. The summed E-state index contributed by atoms with van der Waals surface area (Å²) >= 11 is 0. The van der Waals surface area contributed by atoms with Gasteiger partial charge in [-0.2, -0.15) is 43.9 Å². The van der Waals surface area contributed by atoms with E-state index in [4.69, 9.17) is 4.63 Å². The van der Waals surface area contributed by atoms with Gasteiger partial charge in [0.15, 0.2) is 0 Å². The van der Waals surface area contributed by atoms with Crippen molar-refractivity contribution in [1.82, 2.24) is 19.6 Å². The summed E-state index contributed by atoms with van der Waals surface area (Å²) in [7, 11) is -19.6. The van der Waals surface area contributed by atoms with Crippen LogP contribution in [0.5, 0.6) is 0 Å². The Morgan fingerprint density at radius 1 is 0.420 bits per heavy atom. The summed E-state index contributed by atoms with van der Waals surface area (Å²) in [5, 5.41) is 7.30. The van der Waals surface area contributed by atoms with Gasteiger partial charge in [0.05, 0.1) is 11.0 Å². The molecule has 4 aromatic carbocycles. The van der Waals surface area contributed by atoms with Crippen molar-refractivity contribution in [1.29, 1.82) is 0 Å². The summed E-state index contributed by atoms with van der Waals surface area (Å²) < 4.78 is 145. The number of benzene rings is 4. The molecule has 0 saturated carbocycles. The van der Waals surface area contributed by atoms with Crippen LogP contribution in [-0.4, -0.2) is 71.5 Å². The molecule has 8 bridgehead atoms. The van der Waals surface area contributed by atoms with Gasteiger partial charge in [-0.3, -0.25) is 18.2 Å². The first-order valence-electron chi connectivity index (χ1n) is 13.3. The standard InChI is InChI=1S/C28H20N4O13S4.Na/c33-46(34,35)25-13-21-9-5-17(25)1-3-19-7-11-23(15-27(19)48(39,40)41)31-32(45-31)24-12-8-20(28(16-24)49(42,43)44)4-2-18-6-10-22(30-29-21)14-26(18)47(36,37)38;/h1-16H,(H,33,34,35)(H,36,37,38)(H,39,40,41)(H,42,43,44);/q;+1. The molecule has 0 amide bonds. The number of hydrogen-bond donors (Lipinski definition) is 4. The average Bonchev–Trinajstić information content (AvgIpc) is 3.81. The van der Waals surface area contributed by atoms with Gasteiger partial charge in [0.1, 0.15) is 30.6 Å². The second kappa shape index (κ2) is 13.3. The van der Waals surface area contributed by atoms with Crippen LogP contribution in [0, 0.1) is 0 Å². The molecule has 0 aliphatic heterocycles. The summed E-state index contributed by atoms with van der Waals surface area (Å²) in [4.78, 5) is -2.55. The van der Waals surface area contributed by atoms with E-state index in [1.165, 1.54) is 48.5 Å². The van der Waals surface area contributed by atoms with Crippen LogP contribution in [0.3, 0.4) is 0 Å². The van der Waals surface area contributed by atoms with E-state index in [1.54, 1.807) is 0 Å².